The van der Waals surface area contributed by atoms with Gasteiger partial charge < -0.3 is 4.74 Å². The van der Waals surface area contributed by atoms with Crippen molar-refractivity contribution >= 4 is 16.7 Å². The lowest BCUT2D eigenvalue weighted by Gasteiger charge is -2.06. The van der Waals surface area contributed by atoms with E-state index >= 15 is 0 Å². The lowest BCUT2D eigenvalue weighted by atomic mass is 10.2. The second-order valence-corrected chi connectivity index (χ2v) is 3.25. The molecule has 0 fully saturated rings. The van der Waals surface area contributed by atoms with Crippen molar-refractivity contribution in [2.45, 2.75) is 6.92 Å². The van der Waals surface area contributed by atoms with Crippen LogP contribution >= 0.6 is 0 Å². The Morgan fingerprint density at radius 1 is 1.27 bits per heavy atom. The molecule has 2 aromatic rings. The molecule has 0 bridgehead atoms. The number of aromatic nitrogens is 1. The average Bonchev–Trinajstić information content (AvgIpc) is 2.29. The summed E-state index contributed by atoms with van der Waals surface area (Å²) in [5.74, 6) is 0.628. The molecule has 1 aromatic carbocycles. The van der Waals surface area contributed by atoms with Crippen LogP contribution < -0.4 is 0 Å². The number of ether oxygens (including phenoxy) is 1. The lowest BCUT2D eigenvalue weighted by molar-refractivity contribution is 0.298. The molecule has 0 atom stereocenters. The van der Waals surface area contributed by atoms with Crippen molar-refractivity contribution in [3.8, 4) is 0 Å². The molecule has 0 unspecified atom stereocenters. The first-order valence-electron chi connectivity index (χ1n) is 4.99. The molecule has 0 radical (unpaired) electrons. The van der Waals surface area contributed by atoms with Gasteiger partial charge in [0, 0.05) is 5.39 Å². The Morgan fingerprint density at radius 3 is 2.87 bits per heavy atom. The van der Waals surface area contributed by atoms with Gasteiger partial charge in [0.2, 0.25) is 0 Å². The van der Waals surface area contributed by atoms with Crippen LogP contribution in [0.4, 0.5) is 0 Å². The zero-order chi connectivity index (χ0) is 10.7. The molecule has 15 heavy (non-hydrogen) atoms. The van der Waals surface area contributed by atoms with Crippen LogP contribution in [0.5, 0.6) is 0 Å². The Morgan fingerprint density at radius 2 is 2.07 bits per heavy atom. The molecule has 0 aliphatic carbocycles. The normalized spacial score (nSPS) is 10.2. The van der Waals surface area contributed by atoms with Crippen LogP contribution in [0.3, 0.4) is 0 Å². The van der Waals surface area contributed by atoms with E-state index in [1.807, 2.05) is 43.3 Å². The largest absolute Gasteiger partial charge is 0.492 e. The van der Waals surface area contributed by atoms with E-state index in [2.05, 4.69) is 11.6 Å². The van der Waals surface area contributed by atoms with Gasteiger partial charge >= 0.3 is 0 Å². The molecule has 0 saturated carbocycles. The summed E-state index contributed by atoms with van der Waals surface area (Å²) in [5, 5.41) is 1.13. The van der Waals surface area contributed by atoms with Gasteiger partial charge in [-0.05, 0) is 19.1 Å². The van der Waals surface area contributed by atoms with Gasteiger partial charge in [0.15, 0.2) is 0 Å². The number of para-hydroxylation sites is 1. The van der Waals surface area contributed by atoms with Crippen LogP contribution in [0.15, 0.2) is 43.0 Å². The number of rotatable bonds is 3. The summed E-state index contributed by atoms with van der Waals surface area (Å²) < 4.78 is 5.32. The van der Waals surface area contributed by atoms with Crippen LogP contribution in [-0.2, 0) is 4.74 Å². The van der Waals surface area contributed by atoms with E-state index in [0.29, 0.717) is 12.4 Å². The standard InChI is InChI=1S/C13H13NO/c1-3-15-10(2)12-9-8-11-6-4-5-7-13(11)14-12/h4-9H,2-3H2,1H3. The Labute approximate surface area is 89.2 Å². The highest BCUT2D eigenvalue weighted by Crippen LogP contribution is 2.16. The Bertz CT molecular complexity index is 491. The smallest absolute Gasteiger partial charge is 0.137 e. The zero-order valence-corrected chi connectivity index (χ0v) is 8.73. The summed E-state index contributed by atoms with van der Waals surface area (Å²) in [6.07, 6.45) is 0. The molecule has 2 rings (SSSR count). The number of pyridine rings is 1. The first-order valence-corrected chi connectivity index (χ1v) is 4.99. The second-order valence-electron chi connectivity index (χ2n) is 3.25. The van der Waals surface area contributed by atoms with Gasteiger partial charge in [0.1, 0.15) is 11.5 Å². The molecule has 0 saturated heterocycles. The molecule has 0 spiro atoms. The van der Waals surface area contributed by atoms with Gasteiger partial charge in [-0.3, -0.25) is 0 Å². The molecule has 1 heterocycles. The zero-order valence-electron chi connectivity index (χ0n) is 8.73. The minimum absolute atomic E-state index is 0.618. The maximum absolute atomic E-state index is 5.32. The molecular formula is C13H13NO. The van der Waals surface area contributed by atoms with Crippen LogP contribution in [0.25, 0.3) is 16.7 Å². The third kappa shape index (κ3) is 1.99. The fraction of sp³-hybridized carbons (Fsp3) is 0.154. The second kappa shape index (κ2) is 4.13. The van der Waals surface area contributed by atoms with Crippen LogP contribution in [0, 0.1) is 0 Å². The number of fused-ring (bicyclic) bond motifs is 1. The van der Waals surface area contributed by atoms with Crippen molar-refractivity contribution in [3.05, 3.63) is 48.7 Å². The quantitative estimate of drug-likeness (QED) is 0.708. The minimum atomic E-state index is 0.618. The molecular weight excluding hydrogens is 186 g/mol. The Kier molecular flexibility index (Phi) is 2.68. The number of nitrogens with zero attached hydrogens (tertiary/aromatic N) is 1. The van der Waals surface area contributed by atoms with Crippen molar-refractivity contribution in [2.24, 2.45) is 0 Å². The van der Waals surface area contributed by atoms with Gasteiger partial charge in [0.25, 0.3) is 0 Å². The van der Waals surface area contributed by atoms with Crippen molar-refractivity contribution in [3.63, 3.8) is 0 Å². The third-order valence-electron chi connectivity index (χ3n) is 2.20. The summed E-state index contributed by atoms with van der Waals surface area (Å²) >= 11 is 0. The van der Waals surface area contributed by atoms with Crippen molar-refractivity contribution in [2.75, 3.05) is 6.61 Å². The Hall–Kier alpha value is -1.83. The van der Waals surface area contributed by atoms with Crippen LogP contribution in [0.2, 0.25) is 0 Å². The maximum atomic E-state index is 5.32. The SMILES string of the molecule is C=C(OCC)c1ccc2ccccc2n1. The fourth-order valence-electron chi connectivity index (χ4n) is 1.47. The number of hydrogen-bond acceptors (Lipinski definition) is 2. The highest BCUT2D eigenvalue weighted by atomic mass is 16.5. The molecule has 0 N–H and O–H groups in total. The monoisotopic (exact) mass is 199 g/mol. The topological polar surface area (TPSA) is 22.1 Å². The van der Waals surface area contributed by atoms with E-state index in [1.54, 1.807) is 0 Å². The highest BCUT2D eigenvalue weighted by molar-refractivity contribution is 5.80. The van der Waals surface area contributed by atoms with E-state index in [1.165, 1.54) is 0 Å². The molecule has 2 heteroatoms. The fourth-order valence-corrected chi connectivity index (χ4v) is 1.47. The first kappa shape index (κ1) is 9.71. The van der Waals surface area contributed by atoms with Gasteiger partial charge in [0.05, 0.1) is 12.1 Å². The van der Waals surface area contributed by atoms with Gasteiger partial charge in [-0.1, -0.05) is 30.8 Å². The van der Waals surface area contributed by atoms with Crippen LogP contribution in [-0.4, -0.2) is 11.6 Å². The molecule has 0 amide bonds. The third-order valence-corrected chi connectivity index (χ3v) is 2.20. The predicted molar refractivity (Wildman–Crippen MR) is 62.4 cm³/mol. The summed E-state index contributed by atoms with van der Waals surface area (Å²) in [4.78, 5) is 4.47. The van der Waals surface area contributed by atoms with Crippen LogP contribution in [0.1, 0.15) is 12.6 Å². The number of benzene rings is 1. The van der Waals surface area contributed by atoms with Crippen molar-refractivity contribution in [1.82, 2.24) is 4.98 Å². The van der Waals surface area contributed by atoms with Crippen molar-refractivity contribution in [1.29, 1.82) is 0 Å². The summed E-state index contributed by atoms with van der Waals surface area (Å²) in [5.41, 5.74) is 1.77. The van der Waals surface area contributed by atoms with E-state index in [0.717, 1.165) is 16.6 Å². The van der Waals surface area contributed by atoms with E-state index < -0.39 is 0 Å². The van der Waals surface area contributed by atoms with E-state index in [4.69, 9.17) is 4.74 Å². The van der Waals surface area contributed by atoms with Crippen molar-refractivity contribution < 1.29 is 4.74 Å². The average molecular weight is 199 g/mol. The molecule has 0 aliphatic heterocycles. The maximum Gasteiger partial charge on any atom is 0.137 e. The van der Waals surface area contributed by atoms with Gasteiger partial charge in [-0.15, -0.1) is 0 Å². The predicted octanol–water partition coefficient (Wildman–Crippen LogP) is 3.24. The lowest BCUT2D eigenvalue weighted by Crippen LogP contribution is -1.93. The summed E-state index contributed by atoms with van der Waals surface area (Å²) in [7, 11) is 0. The van der Waals surface area contributed by atoms with Gasteiger partial charge in [-0.2, -0.15) is 0 Å². The minimum Gasteiger partial charge on any atom is -0.492 e. The molecule has 76 valence electrons. The highest BCUT2D eigenvalue weighted by Gasteiger charge is 2.01. The first-order chi connectivity index (χ1) is 7.31. The summed E-state index contributed by atoms with van der Waals surface area (Å²) in [6.45, 7) is 6.39. The Balaban J connectivity index is 2.42. The summed E-state index contributed by atoms with van der Waals surface area (Å²) in [6, 6.07) is 12.0. The van der Waals surface area contributed by atoms with E-state index in [-0.39, 0.29) is 0 Å². The number of hydrogen-bond donors (Lipinski definition) is 0. The van der Waals surface area contributed by atoms with Gasteiger partial charge in [-0.25, -0.2) is 4.98 Å². The van der Waals surface area contributed by atoms with E-state index in [9.17, 15) is 0 Å². The molecule has 1 aromatic heterocycles. The molecule has 0 aliphatic rings. The molecule has 2 nitrogen and oxygen atoms in total.